The van der Waals surface area contributed by atoms with Crippen molar-refractivity contribution in [3.63, 3.8) is 0 Å². The molecule has 0 amide bonds. The molecule has 1 aromatic rings. The zero-order valence-corrected chi connectivity index (χ0v) is 13.8. The molecule has 122 valence electrons. The van der Waals surface area contributed by atoms with Crippen molar-refractivity contribution in [2.45, 2.75) is 33.6 Å². The van der Waals surface area contributed by atoms with E-state index in [1.54, 1.807) is 13.8 Å². The van der Waals surface area contributed by atoms with Crippen molar-refractivity contribution >= 4 is 11.8 Å². The van der Waals surface area contributed by atoms with Gasteiger partial charge in [-0.05, 0) is 33.3 Å². The Hall–Kier alpha value is -2.56. The molecular weight excluding hydrogens is 294 g/mol. The van der Waals surface area contributed by atoms with Gasteiger partial charge in [-0.1, -0.05) is 29.8 Å². The molecule has 0 aromatic heterocycles. The van der Waals surface area contributed by atoms with Crippen molar-refractivity contribution in [3.05, 3.63) is 58.2 Å². The molecule has 0 aliphatic carbocycles. The van der Waals surface area contributed by atoms with E-state index in [0.29, 0.717) is 11.3 Å². The highest BCUT2D eigenvalue weighted by atomic mass is 16.5. The minimum Gasteiger partial charge on any atom is -0.462 e. The summed E-state index contributed by atoms with van der Waals surface area (Å²) in [7, 11) is 0. The Balaban J connectivity index is 2.63. The van der Waals surface area contributed by atoms with E-state index in [1.807, 2.05) is 31.2 Å². The van der Waals surface area contributed by atoms with E-state index in [1.165, 1.54) is 6.92 Å². The van der Waals surface area contributed by atoms with Gasteiger partial charge in [0.1, 0.15) is 11.3 Å². The number of Topliss-reactive ketones (excluding diaryl/α,β-unsaturated/α-hetero) is 1. The first-order valence-electron chi connectivity index (χ1n) is 7.49. The number of aryl methyl sites for hydroxylation is 1. The second kappa shape index (κ2) is 6.69. The van der Waals surface area contributed by atoms with Crippen LogP contribution in [0.3, 0.4) is 0 Å². The summed E-state index contributed by atoms with van der Waals surface area (Å²) in [5.74, 6) is -0.921. The number of allylic oxidation sites excluding steroid dienone is 2. The third kappa shape index (κ3) is 3.28. The molecule has 0 bridgehead atoms. The van der Waals surface area contributed by atoms with Gasteiger partial charge in [0, 0.05) is 5.57 Å². The second-order valence-corrected chi connectivity index (χ2v) is 5.47. The molecule has 2 rings (SSSR count). The summed E-state index contributed by atoms with van der Waals surface area (Å²) in [4.78, 5) is 24.5. The maximum absolute atomic E-state index is 12.4. The van der Waals surface area contributed by atoms with E-state index in [4.69, 9.17) is 15.2 Å². The van der Waals surface area contributed by atoms with Crippen LogP contribution in [-0.2, 0) is 19.1 Å². The molecule has 1 aromatic carbocycles. The van der Waals surface area contributed by atoms with Gasteiger partial charge in [-0.15, -0.1) is 0 Å². The normalized spacial score (nSPS) is 17.8. The molecule has 5 nitrogen and oxygen atoms in total. The average molecular weight is 315 g/mol. The number of ether oxygens (including phenoxy) is 2. The minimum absolute atomic E-state index is 0.0171. The molecule has 5 heteroatoms. The summed E-state index contributed by atoms with van der Waals surface area (Å²) in [5.41, 5.74) is 8.41. The zero-order chi connectivity index (χ0) is 17.1. The van der Waals surface area contributed by atoms with Crippen LogP contribution in [0.15, 0.2) is 47.1 Å². The number of benzene rings is 1. The van der Waals surface area contributed by atoms with Crippen molar-refractivity contribution in [2.24, 2.45) is 5.73 Å². The summed E-state index contributed by atoms with van der Waals surface area (Å²) in [6.07, 6.45) is 0. The Bertz CT molecular complexity index is 698. The highest BCUT2D eigenvalue weighted by molar-refractivity contribution is 6.01. The van der Waals surface area contributed by atoms with Crippen molar-refractivity contribution < 1.29 is 19.1 Å². The van der Waals surface area contributed by atoms with E-state index >= 15 is 0 Å². The highest BCUT2D eigenvalue weighted by Gasteiger charge is 2.37. The van der Waals surface area contributed by atoms with Gasteiger partial charge in [0.05, 0.1) is 12.5 Å². The first-order valence-corrected chi connectivity index (χ1v) is 7.49. The van der Waals surface area contributed by atoms with Gasteiger partial charge in [-0.2, -0.15) is 0 Å². The van der Waals surface area contributed by atoms with Gasteiger partial charge in [0.25, 0.3) is 0 Å². The third-order valence-corrected chi connectivity index (χ3v) is 3.77. The first-order chi connectivity index (χ1) is 10.9. The van der Waals surface area contributed by atoms with Crippen LogP contribution in [0.4, 0.5) is 0 Å². The highest BCUT2D eigenvalue weighted by Crippen LogP contribution is 2.40. The zero-order valence-electron chi connectivity index (χ0n) is 13.8. The fourth-order valence-electron chi connectivity index (χ4n) is 2.74. The van der Waals surface area contributed by atoms with Crippen molar-refractivity contribution in [1.29, 1.82) is 0 Å². The van der Waals surface area contributed by atoms with Crippen LogP contribution in [-0.4, -0.2) is 18.4 Å². The lowest BCUT2D eigenvalue weighted by Crippen LogP contribution is -2.28. The average Bonchev–Trinajstić information content (AvgIpc) is 2.46. The van der Waals surface area contributed by atoms with Crippen LogP contribution in [0.25, 0.3) is 0 Å². The largest absolute Gasteiger partial charge is 0.462 e. The number of hydrogen-bond acceptors (Lipinski definition) is 5. The molecule has 1 heterocycles. The molecule has 0 fully saturated rings. The molecule has 1 aliphatic rings. The number of carbonyl (C=O) groups is 2. The molecule has 0 saturated heterocycles. The topological polar surface area (TPSA) is 78.6 Å². The summed E-state index contributed by atoms with van der Waals surface area (Å²) in [6.45, 7) is 7.03. The van der Waals surface area contributed by atoms with E-state index in [0.717, 1.165) is 11.1 Å². The number of ketones is 1. The molecule has 2 N–H and O–H groups in total. The van der Waals surface area contributed by atoms with E-state index < -0.39 is 11.9 Å². The Kier molecular flexibility index (Phi) is 4.89. The van der Waals surface area contributed by atoms with Gasteiger partial charge >= 0.3 is 5.97 Å². The predicted molar refractivity (Wildman–Crippen MR) is 86.2 cm³/mol. The molecule has 1 aliphatic heterocycles. The first kappa shape index (κ1) is 16.8. The van der Waals surface area contributed by atoms with Crippen LogP contribution >= 0.6 is 0 Å². The molecular formula is C18H21NO4. The van der Waals surface area contributed by atoms with Crippen LogP contribution in [0.2, 0.25) is 0 Å². The Morgan fingerprint density at radius 2 is 1.78 bits per heavy atom. The van der Waals surface area contributed by atoms with Gasteiger partial charge in [-0.3, -0.25) is 4.79 Å². The Morgan fingerprint density at radius 1 is 1.17 bits per heavy atom. The lowest BCUT2D eigenvalue weighted by Gasteiger charge is -2.28. The second-order valence-electron chi connectivity index (χ2n) is 5.47. The van der Waals surface area contributed by atoms with Crippen molar-refractivity contribution in [1.82, 2.24) is 0 Å². The Labute approximate surface area is 135 Å². The Morgan fingerprint density at radius 3 is 2.30 bits per heavy atom. The maximum Gasteiger partial charge on any atom is 0.340 e. The van der Waals surface area contributed by atoms with E-state index in [-0.39, 0.29) is 23.8 Å². The van der Waals surface area contributed by atoms with Gasteiger partial charge in [0.15, 0.2) is 5.78 Å². The fraction of sp³-hybridized carbons (Fsp3) is 0.333. The monoisotopic (exact) mass is 315 g/mol. The molecule has 0 radical (unpaired) electrons. The standard InChI is InChI=1S/C18H21NO4/c1-5-22-18(21)16-15(13-8-6-10(2)7-9-13)14(11(3)20)12(4)23-17(16)19/h6-9,15H,5,19H2,1-4H3. The molecule has 0 saturated carbocycles. The fourth-order valence-corrected chi connectivity index (χ4v) is 2.74. The SMILES string of the molecule is CCOC(=O)C1=C(N)OC(C)=C(C(C)=O)C1c1ccc(C)cc1. The minimum atomic E-state index is -0.583. The van der Waals surface area contributed by atoms with Gasteiger partial charge < -0.3 is 15.2 Å². The molecule has 1 atom stereocenters. The number of rotatable bonds is 4. The quantitative estimate of drug-likeness (QED) is 0.864. The lowest BCUT2D eigenvalue weighted by atomic mass is 9.81. The molecule has 1 unspecified atom stereocenters. The van der Waals surface area contributed by atoms with Crippen LogP contribution in [0, 0.1) is 6.92 Å². The van der Waals surface area contributed by atoms with Gasteiger partial charge in [0.2, 0.25) is 5.88 Å². The molecule has 0 spiro atoms. The predicted octanol–water partition coefficient (Wildman–Crippen LogP) is 2.71. The van der Waals surface area contributed by atoms with Crippen LogP contribution in [0.1, 0.15) is 37.8 Å². The summed E-state index contributed by atoms with van der Waals surface area (Å²) in [6, 6.07) is 7.62. The third-order valence-electron chi connectivity index (χ3n) is 3.77. The smallest absolute Gasteiger partial charge is 0.340 e. The van der Waals surface area contributed by atoms with Gasteiger partial charge in [-0.25, -0.2) is 4.79 Å². The maximum atomic E-state index is 12.4. The van der Waals surface area contributed by atoms with Crippen molar-refractivity contribution in [3.8, 4) is 0 Å². The van der Waals surface area contributed by atoms with E-state index in [9.17, 15) is 9.59 Å². The van der Waals surface area contributed by atoms with Crippen LogP contribution < -0.4 is 5.73 Å². The molecule has 23 heavy (non-hydrogen) atoms. The number of carbonyl (C=O) groups excluding carboxylic acids is 2. The van der Waals surface area contributed by atoms with Crippen molar-refractivity contribution in [2.75, 3.05) is 6.61 Å². The number of esters is 1. The lowest BCUT2D eigenvalue weighted by molar-refractivity contribution is -0.139. The number of nitrogens with two attached hydrogens (primary N) is 1. The van der Waals surface area contributed by atoms with Crippen LogP contribution in [0.5, 0.6) is 0 Å². The summed E-state index contributed by atoms with van der Waals surface area (Å²) < 4.78 is 10.5. The summed E-state index contributed by atoms with van der Waals surface area (Å²) in [5, 5.41) is 0. The number of hydrogen-bond donors (Lipinski definition) is 1. The van der Waals surface area contributed by atoms with E-state index in [2.05, 4.69) is 0 Å². The summed E-state index contributed by atoms with van der Waals surface area (Å²) >= 11 is 0.